The Morgan fingerprint density at radius 2 is 1.79 bits per heavy atom. The van der Waals surface area contributed by atoms with Gasteiger partial charge in [0.1, 0.15) is 5.75 Å². The van der Waals surface area contributed by atoms with E-state index in [2.05, 4.69) is 50.4 Å². The van der Waals surface area contributed by atoms with E-state index in [4.69, 9.17) is 4.74 Å². The standard InChI is InChI=1S/C24H30N2O3/c1-24(2,3)19-12-8-17(9-13-19)15-26(4)22(27)16-29-21-7-5-6-20(14-21)25-23(28)18-10-11-18/h5-9,12-14,18H,10-11,15-16H2,1-4H3,(H,25,28). The number of amides is 2. The molecule has 1 N–H and O–H groups in total. The van der Waals surface area contributed by atoms with Crippen molar-refractivity contribution in [3.8, 4) is 5.75 Å². The van der Waals surface area contributed by atoms with Crippen LogP contribution in [0.1, 0.15) is 44.7 Å². The highest BCUT2D eigenvalue weighted by atomic mass is 16.5. The maximum atomic E-state index is 12.4. The molecular formula is C24H30N2O3. The third-order valence-corrected chi connectivity index (χ3v) is 5.08. The van der Waals surface area contributed by atoms with Gasteiger partial charge in [0.25, 0.3) is 5.91 Å². The second kappa shape index (κ2) is 8.68. The van der Waals surface area contributed by atoms with Crippen molar-refractivity contribution >= 4 is 17.5 Å². The second-order valence-corrected chi connectivity index (χ2v) is 8.78. The van der Waals surface area contributed by atoms with Crippen LogP contribution in [-0.2, 0) is 21.5 Å². The molecule has 5 nitrogen and oxygen atoms in total. The van der Waals surface area contributed by atoms with Gasteiger partial charge in [-0.15, -0.1) is 0 Å². The van der Waals surface area contributed by atoms with Crippen molar-refractivity contribution in [2.75, 3.05) is 19.0 Å². The van der Waals surface area contributed by atoms with E-state index in [1.165, 1.54) is 5.56 Å². The predicted octanol–water partition coefficient (Wildman–Crippen LogP) is 4.37. The summed E-state index contributed by atoms with van der Waals surface area (Å²) < 4.78 is 5.65. The lowest BCUT2D eigenvalue weighted by molar-refractivity contribution is -0.132. The minimum atomic E-state index is -0.0997. The number of likely N-dealkylation sites (N-methyl/N-ethyl adjacent to an activating group) is 1. The van der Waals surface area contributed by atoms with Crippen LogP contribution in [-0.4, -0.2) is 30.4 Å². The predicted molar refractivity (Wildman–Crippen MR) is 115 cm³/mol. The van der Waals surface area contributed by atoms with Gasteiger partial charge >= 0.3 is 0 Å². The number of hydrogen-bond donors (Lipinski definition) is 1. The number of rotatable bonds is 7. The van der Waals surface area contributed by atoms with Gasteiger partial charge in [-0.1, -0.05) is 51.1 Å². The quantitative estimate of drug-likeness (QED) is 0.759. The first-order valence-electron chi connectivity index (χ1n) is 10.1. The molecular weight excluding hydrogens is 364 g/mol. The van der Waals surface area contributed by atoms with Crippen LogP contribution in [0.4, 0.5) is 5.69 Å². The zero-order chi connectivity index (χ0) is 21.0. The Balaban J connectivity index is 1.50. The van der Waals surface area contributed by atoms with Crippen LogP contribution in [0.3, 0.4) is 0 Å². The van der Waals surface area contributed by atoms with Gasteiger partial charge in [0.15, 0.2) is 6.61 Å². The van der Waals surface area contributed by atoms with Gasteiger partial charge in [-0.3, -0.25) is 9.59 Å². The maximum Gasteiger partial charge on any atom is 0.260 e. The number of carbonyl (C=O) groups is 2. The number of nitrogens with zero attached hydrogens (tertiary/aromatic N) is 1. The molecule has 0 spiro atoms. The first-order valence-corrected chi connectivity index (χ1v) is 10.1. The van der Waals surface area contributed by atoms with Crippen molar-refractivity contribution in [2.45, 2.75) is 45.6 Å². The fourth-order valence-electron chi connectivity index (χ4n) is 2.98. The first kappa shape index (κ1) is 20.9. The molecule has 29 heavy (non-hydrogen) atoms. The zero-order valence-corrected chi connectivity index (χ0v) is 17.7. The smallest absolute Gasteiger partial charge is 0.260 e. The largest absolute Gasteiger partial charge is 0.484 e. The van der Waals surface area contributed by atoms with E-state index < -0.39 is 0 Å². The van der Waals surface area contributed by atoms with Crippen molar-refractivity contribution in [1.29, 1.82) is 0 Å². The molecule has 2 aromatic carbocycles. The average Bonchev–Trinajstić information content (AvgIpc) is 3.51. The van der Waals surface area contributed by atoms with Gasteiger partial charge in [-0.2, -0.15) is 0 Å². The number of carbonyl (C=O) groups excluding carboxylic acids is 2. The Kier molecular flexibility index (Phi) is 6.26. The molecule has 2 aromatic rings. The molecule has 3 rings (SSSR count). The molecule has 0 aromatic heterocycles. The van der Waals surface area contributed by atoms with Crippen LogP contribution in [0.25, 0.3) is 0 Å². The Hall–Kier alpha value is -2.82. The third kappa shape index (κ3) is 6.08. The molecule has 1 fully saturated rings. The summed E-state index contributed by atoms with van der Waals surface area (Å²) in [5.74, 6) is 0.662. The fourth-order valence-corrected chi connectivity index (χ4v) is 2.98. The van der Waals surface area contributed by atoms with Crippen molar-refractivity contribution in [2.24, 2.45) is 5.92 Å². The lowest BCUT2D eigenvalue weighted by Gasteiger charge is -2.21. The molecule has 0 atom stereocenters. The summed E-state index contributed by atoms with van der Waals surface area (Å²) in [4.78, 5) is 26.0. The van der Waals surface area contributed by atoms with Crippen LogP contribution in [0, 0.1) is 5.92 Å². The topological polar surface area (TPSA) is 58.6 Å². The molecule has 5 heteroatoms. The number of nitrogens with one attached hydrogen (secondary N) is 1. The van der Waals surface area contributed by atoms with Crippen LogP contribution in [0.15, 0.2) is 48.5 Å². The number of ether oxygens (including phenoxy) is 1. The molecule has 0 aliphatic heterocycles. The van der Waals surface area contributed by atoms with E-state index in [0.29, 0.717) is 18.0 Å². The highest BCUT2D eigenvalue weighted by Crippen LogP contribution is 2.30. The van der Waals surface area contributed by atoms with Crippen molar-refractivity contribution in [3.05, 3.63) is 59.7 Å². The second-order valence-electron chi connectivity index (χ2n) is 8.78. The summed E-state index contributed by atoms with van der Waals surface area (Å²) in [6, 6.07) is 15.5. The molecule has 1 aliphatic rings. The Labute approximate surface area is 173 Å². The van der Waals surface area contributed by atoms with Crippen molar-refractivity contribution < 1.29 is 14.3 Å². The summed E-state index contributed by atoms with van der Waals surface area (Å²) in [7, 11) is 1.77. The summed E-state index contributed by atoms with van der Waals surface area (Å²) in [6.45, 7) is 7.03. The third-order valence-electron chi connectivity index (χ3n) is 5.08. The Morgan fingerprint density at radius 3 is 2.41 bits per heavy atom. The van der Waals surface area contributed by atoms with Crippen molar-refractivity contribution in [1.82, 2.24) is 4.90 Å². The number of hydrogen-bond acceptors (Lipinski definition) is 3. The van der Waals surface area contributed by atoms with E-state index in [0.717, 1.165) is 18.4 Å². The summed E-state index contributed by atoms with van der Waals surface area (Å²) in [6.07, 6.45) is 1.92. The number of anilines is 1. The van der Waals surface area contributed by atoms with Crippen LogP contribution in [0.2, 0.25) is 0 Å². The Bertz CT molecular complexity index is 864. The van der Waals surface area contributed by atoms with Gasteiger partial charge in [0, 0.05) is 31.3 Å². The Morgan fingerprint density at radius 1 is 1.10 bits per heavy atom. The molecule has 0 saturated heterocycles. The number of benzene rings is 2. The lowest BCUT2D eigenvalue weighted by atomic mass is 9.87. The van der Waals surface area contributed by atoms with Crippen LogP contribution < -0.4 is 10.1 Å². The van der Waals surface area contributed by atoms with Gasteiger partial charge < -0.3 is 15.0 Å². The van der Waals surface area contributed by atoms with Crippen molar-refractivity contribution in [3.63, 3.8) is 0 Å². The van der Waals surface area contributed by atoms with E-state index in [9.17, 15) is 9.59 Å². The SMILES string of the molecule is CN(Cc1ccc(C(C)(C)C)cc1)C(=O)COc1cccc(NC(=O)C2CC2)c1. The van der Waals surface area contributed by atoms with Gasteiger partial charge in [-0.25, -0.2) is 0 Å². The molecule has 1 aliphatic carbocycles. The van der Waals surface area contributed by atoms with Gasteiger partial charge in [0.05, 0.1) is 0 Å². The van der Waals surface area contributed by atoms with E-state index >= 15 is 0 Å². The summed E-state index contributed by atoms with van der Waals surface area (Å²) >= 11 is 0. The molecule has 0 unspecified atom stereocenters. The molecule has 154 valence electrons. The molecule has 0 heterocycles. The molecule has 1 saturated carbocycles. The highest BCUT2D eigenvalue weighted by molar-refractivity contribution is 5.94. The van der Waals surface area contributed by atoms with E-state index in [1.54, 1.807) is 24.1 Å². The normalized spacial score (nSPS) is 13.7. The van der Waals surface area contributed by atoms with Gasteiger partial charge in [0.2, 0.25) is 5.91 Å². The van der Waals surface area contributed by atoms with Crippen LogP contribution >= 0.6 is 0 Å². The minimum Gasteiger partial charge on any atom is -0.484 e. The van der Waals surface area contributed by atoms with Gasteiger partial charge in [-0.05, 0) is 41.5 Å². The first-order chi connectivity index (χ1) is 13.7. The lowest BCUT2D eigenvalue weighted by Crippen LogP contribution is -2.31. The summed E-state index contributed by atoms with van der Waals surface area (Å²) in [5.41, 5.74) is 3.16. The molecule has 2 amide bonds. The molecule has 0 radical (unpaired) electrons. The highest BCUT2D eigenvalue weighted by Gasteiger charge is 2.29. The van der Waals surface area contributed by atoms with Crippen LogP contribution in [0.5, 0.6) is 5.75 Å². The molecule has 0 bridgehead atoms. The fraction of sp³-hybridized carbons (Fsp3) is 0.417. The summed E-state index contributed by atoms with van der Waals surface area (Å²) in [5, 5.41) is 2.89. The average molecular weight is 395 g/mol. The monoisotopic (exact) mass is 394 g/mol. The van der Waals surface area contributed by atoms with E-state index in [1.807, 2.05) is 12.1 Å². The zero-order valence-electron chi connectivity index (χ0n) is 17.7. The van der Waals surface area contributed by atoms with E-state index in [-0.39, 0.29) is 29.8 Å². The maximum absolute atomic E-state index is 12.4. The minimum absolute atomic E-state index is 0.0450.